The van der Waals surface area contributed by atoms with Crippen LogP contribution in [0.25, 0.3) is 6.08 Å². The molecule has 1 spiro atoms. The lowest BCUT2D eigenvalue weighted by Gasteiger charge is -2.63. The lowest BCUT2D eigenvalue weighted by molar-refractivity contribution is -0.942. The van der Waals surface area contributed by atoms with E-state index < -0.39 is 46.8 Å². The van der Waals surface area contributed by atoms with Gasteiger partial charge in [0, 0.05) is 43.1 Å². The molecule has 2 N–H and O–H groups in total. The summed E-state index contributed by atoms with van der Waals surface area (Å²) in [6.07, 6.45) is 2.14. The highest BCUT2D eigenvalue weighted by atomic mass is 19.4. The van der Waals surface area contributed by atoms with Crippen molar-refractivity contribution in [2.75, 3.05) is 20.1 Å². The Kier molecular flexibility index (Phi) is 6.73. The highest BCUT2D eigenvalue weighted by molar-refractivity contribution is 6.00. The van der Waals surface area contributed by atoms with Crippen LogP contribution in [0.3, 0.4) is 0 Å². The maximum atomic E-state index is 14.4. The van der Waals surface area contributed by atoms with Crippen molar-refractivity contribution in [3.05, 3.63) is 77.3 Å². The van der Waals surface area contributed by atoms with Gasteiger partial charge in [-0.1, -0.05) is 43.3 Å². The standard InChI is InChI=1S/C32H35F3N2O5/c1-4-14-37(3)15-13-30-22-11-8-12-26(30)42-31(27(41-19(2)38)18-25(39)21(28(30)31)17-24(22)37)36-29(40)23(32(33,34)35)16-20-9-6-5-7-10-20/h4-7,9-10,16,18,22,24,26,28H,1,8,11-15,17H2,2-3H3,(H-,36,39,40)/p+1/t22-,24+,26-,28?,30+,31?,37?/m0/s1. The number of carbonyl (C=O) groups is 2. The Morgan fingerprint density at radius 3 is 2.67 bits per heavy atom. The number of quaternary nitrogens is 1. The number of nitrogens with one attached hydrogen (secondary N) is 1. The van der Waals surface area contributed by atoms with Gasteiger partial charge >= 0.3 is 12.1 Å². The molecular weight excluding hydrogens is 549 g/mol. The Balaban J connectivity index is 1.51. The zero-order valence-corrected chi connectivity index (χ0v) is 23.7. The minimum atomic E-state index is -4.98. The fourth-order valence-electron chi connectivity index (χ4n) is 8.85. The number of hydrogen-bond donors (Lipinski definition) is 2. The van der Waals surface area contributed by atoms with Crippen molar-refractivity contribution >= 4 is 18.0 Å². The molecule has 4 fully saturated rings. The molecule has 0 aromatic heterocycles. The monoisotopic (exact) mass is 585 g/mol. The number of ether oxygens (including phenoxy) is 2. The van der Waals surface area contributed by atoms with Crippen LogP contribution in [0.5, 0.6) is 0 Å². The minimum absolute atomic E-state index is 0.0818. The Hall–Kier alpha value is -3.37. The Labute approximate surface area is 242 Å². The smallest absolute Gasteiger partial charge is 0.421 e. The molecule has 2 saturated carbocycles. The highest BCUT2D eigenvalue weighted by Gasteiger charge is 2.77. The van der Waals surface area contributed by atoms with Gasteiger partial charge in [-0.05, 0) is 36.1 Å². The van der Waals surface area contributed by atoms with Crippen molar-refractivity contribution < 1.29 is 41.8 Å². The molecule has 1 aromatic rings. The number of aliphatic hydroxyl groups is 1. The van der Waals surface area contributed by atoms with E-state index in [0.29, 0.717) is 24.8 Å². The molecule has 3 aliphatic carbocycles. The second-order valence-corrected chi connectivity index (χ2v) is 12.6. The first-order valence-electron chi connectivity index (χ1n) is 14.5. The summed E-state index contributed by atoms with van der Waals surface area (Å²) in [5.74, 6) is -2.95. The van der Waals surface area contributed by atoms with E-state index in [1.807, 2.05) is 6.08 Å². The van der Waals surface area contributed by atoms with E-state index in [9.17, 15) is 27.9 Å². The van der Waals surface area contributed by atoms with Crippen LogP contribution in [0, 0.1) is 17.3 Å². The fraction of sp³-hybridized carbons (Fsp3) is 0.500. The number of esters is 1. The van der Waals surface area contributed by atoms with Gasteiger partial charge in [0.15, 0.2) is 5.76 Å². The van der Waals surface area contributed by atoms with Crippen molar-refractivity contribution in [2.24, 2.45) is 17.3 Å². The molecule has 2 saturated heterocycles. The normalized spacial score (nSPS) is 37.0. The molecule has 1 amide bonds. The van der Waals surface area contributed by atoms with Gasteiger partial charge in [-0.15, -0.1) is 0 Å². The van der Waals surface area contributed by atoms with Crippen molar-refractivity contribution in [1.82, 2.24) is 5.32 Å². The van der Waals surface area contributed by atoms with Gasteiger partial charge in [-0.25, -0.2) is 0 Å². The quantitative estimate of drug-likeness (QED) is 0.204. The first-order chi connectivity index (χ1) is 19.9. The predicted octanol–water partition coefficient (Wildman–Crippen LogP) is 5.33. The molecule has 7 nitrogen and oxygen atoms in total. The molecule has 42 heavy (non-hydrogen) atoms. The number of nitrogens with zero attached hydrogens (tertiary/aromatic N) is 1. The number of carbonyl (C=O) groups excluding carboxylic acids is 2. The minimum Gasteiger partial charge on any atom is -0.508 e. The van der Waals surface area contributed by atoms with E-state index in [0.717, 1.165) is 36.5 Å². The summed E-state index contributed by atoms with van der Waals surface area (Å²) in [4.78, 5) is 26.0. The molecule has 1 aromatic carbocycles. The van der Waals surface area contributed by atoms with Crippen LogP contribution in [-0.4, -0.2) is 65.7 Å². The third-order valence-electron chi connectivity index (χ3n) is 10.4. The topological polar surface area (TPSA) is 84.9 Å². The Morgan fingerprint density at radius 2 is 2.00 bits per heavy atom. The van der Waals surface area contributed by atoms with E-state index in [-0.39, 0.29) is 29.0 Å². The number of alkyl halides is 3. The van der Waals surface area contributed by atoms with Gasteiger partial charge < -0.3 is 24.4 Å². The van der Waals surface area contributed by atoms with Gasteiger partial charge in [0.2, 0.25) is 5.72 Å². The van der Waals surface area contributed by atoms with Gasteiger partial charge in [-0.3, -0.25) is 9.59 Å². The largest absolute Gasteiger partial charge is 0.508 e. The number of likely N-dealkylation sites (N-methyl/N-ethyl adjacent to an activating group) is 1. The lowest BCUT2D eigenvalue weighted by Crippen LogP contribution is -2.72. The molecule has 0 radical (unpaired) electrons. The second-order valence-electron chi connectivity index (χ2n) is 12.6. The van der Waals surface area contributed by atoms with Crippen LogP contribution in [0.2, 0.25) is 0 Å². The number of halogens is 3. The maximum Gasteiger partial charge on any atom is 0.421 e. The predicted molar refractivity (Wildman–Crippen MR) is 148 cm³/mol. The van der Waals surface area contributed by atoms with Crippen LogP contribution in [-0.2, 0) is 19.1 Å². The summed E-state index contributed by atoms with van der Waals surface area (Å²) < 4.78 is 56.2. The summed E-state index contributed by atoms with van der Waals surface area (Å²) in [5.41, 5.74) is -3.00. The van der Waals surface area contributed by atoms with Gasteiger partial charge in [-0.2, -0.15) is 13.2 Å². The Morgan fingerprint density at radius 1 is 1.26 bits per heavy atom. The van der Waals surface area contributed by atoms with Crippen LogP contribution in [0.4, 0.5) is 13.2 Å². The lowest BCUT2D eigenvalue weighted by atomic mass is 9.46. The van der Waals surface area contributed by atoms with Gasteiger partial charge in [0.25, 0.3) is 5.91 Å². The summed E-state index contributed by atoms with van der Waals surface area (Å²) in [6.45, 7) is 6.67. The third-order valence-corrected chi connectivity index (χ3v) is 10.4. The number of aliphatic hydroxyl groups excluding tert-OH is 1. The number of amides is 1. The molecule has 6 rings (SSSR count). The van der Waals surface area contributed by atoms with Gasteiger partial charge in [0.05, 0.1) is 32.3 Å². The number of benzene rings is 1. The molecule has 5 aliphatic rings. The van der Waals surface area contributed by atoms with E-state index in [1.165, 1.54) is 25.1 Å². The van der Waals surface area contributed by atoms with Crippen molar-refractivity contribution in [1.29, 1.82) is 0 Å². The molecule has 2 heterocycles. The molecule has 224 valence electrons. The number of allylic oxidation sites excluding steroid dienone is 1. The van der Waals surface area contributed by atoms with Crippen LogP contribution in [0.15, 0.2) is 71.7 Å². The Bertz CT molecular complexity index is 1420. The number of likely N-dealkylation sites (tertiary alicyclic amines) is 1. The van der Waals surface area contributed by atoms with Crippen LogP contribution in [0.1, 0.15) is 44.6 Å². The van der Waals surface area contributed by atoms with E-state index in [4.69, 9.17) is 9.47 Å². The fourth-order valence-corrected chi connectivity index (χ4v) is 8.85. The first kappa shape index (κ1) is 28.7. The molecule has 10 heteroatoms. The van der Waals surface area contributed by atoms with Crippen LogP contribution >= 0.6 is 0 Å². The average molecular weight is 586 g/mol. The summed E-state index contributed by atoms with van der Waals surface area (Å²) in [6, 6.07) is 7.94. The summed E-state index contributed by atoms with van der Waals surface area (Å²) in [5, 5.41) is 14.0. The first-order valence-corrected chi connectivity index (χ1v) is 14.5. The van der Waals surface area contributed by atoms with Crippen molar-refractivity contribution in [3.63, 3.8) is 0 Å². The molecule has 2 aliphatic heterocycles. The van der Waals surface area contributed by atoms with Crippen LogP contribution < -0.4 is 5.32 Å². The van der Waals surface area contributed by atoms with Gasteiger partial charge in [0.1, 0.15) is 11.3 Å². The number of rotatable bonds is 6. The average Bonchev–Trinajstić information content (AvgIpc) is 3.21. The second kappa shape index (κ2) is 9.84. The zero-order valence-electron chi connectivity index (χ0n) is 23.7. The maximum absolute atomic E-state index is 14.4. The highest BCUT2D eigenvalue weighted by Crippen LogP contribution is 2.71. The molecule has 3 unspecified atom stereocenters. The SMILES string of the molecule is C=CC[N+]1(C)CC[C@]23C4C5=C(O)C=C(OC(C)=O)C4(NC(=O)C(=Cc4ccccc4)C(F)(F)F)O[C@H]2CCC[C@H]3[C@H]1C5. The van der Waals surface area contributed by atoms with E-state index in [1.54, 1.807) is 18.2 Å². The van der Waals surface area contributed by atoms with E-state index in [2.05, 4.69) is 18.9 Å². The van der Waals surface area contributed by atoms with Crippen molar-refractivity contribution in [2.45, 2.75) is 63.1 Å². The van der Waals surface area contributed by atoms with E-state index >= 15 is 0 Å². The molecule has 2 bridgehead atoms. The molecular formula is C32H36F3N2O5+. The summed E-state index contributed by atoms with van der Waals surface area (Å²) in [7, 11) is 2.19. The third kappa shape index (κ3) is 4.17. The molecule has 7 atom stereocenters. The number of hydrogen-bond acceptors (Lipinski definition) is 5. The van der Waals surface area contributed by atoms with Crippen molar-refractivity contribution in [3.8, 4) is 0 Å². The summed E-state index contributed by atoms with van der Waals surface area (Å²) >= 11 is 0. The zero-order chi connectivity index (χ0) is 30.1. The number of piperidine rings is 1.